The summed E-state index contributed by atoms with van der Waals surface area (Å²) in [5.74, 6) is -0.230. The van der Waals surface area contributed by atoms with E-state index in [2.05, 4.69) is 63.0 Å². The third-order valence-electron chi connectivity index (χ3n) is 10.4. The standard InChI is InChI=1S/C37H40ClN7O4/c1-43-20-27(16-28(21-43)41-32-19-40-44(2)37(49)34(32)38)22-3-5-24(6-4-22)36(48)45-13-11-23(12-14-45)25-7-8-29-26(15-25)17-39-18-31(29)30-9-10-33(46)42-35(30)47/h3-8,15,17-19,23,27-28,30,41H,9-14,16,20-21H2,1-2H3,(H,42,46,47). The van der Waals surface area contributed by atoms with E-state index in [-0.39, 0.29) is 46.2 Å². The first-order valence-electron chi connectivity index (χ1n) is 16.9. The van der Waals surface area contributed by atoms with Gasteiger partial charge in [0.05, 0.1) is 17.8 Å². The number of aromatic nitrogens is 3. The number of benzene rings is 2. The zero-order valence-electron chi connectivity index (χ0n) is 27.7. The van der Waals surface area contributed by atoms with Crippen LogP contribution in [0.3, 0.4) is 0 Å². The van der Waals surface area contributed by atoms with E-state index in [1.54, 1.807) is 19.4 Å². The van der Waals surface area contributed by atoms with E-state index in [4.69, 9.17) is 11.6 Å². The quantitative estimate of drug-likeness (QED) is 0.286. The van der Waals surface area contributed by atoms with Crippen LogP contribution in [0.2, 0.25) is 5.02 Å². The normalized spacial score (nSPS) is 22.3. The average Bonchev–Trinajstić information content (AvgIpc) is 3.11. The van der Waals surface area contributed by atoms with Crippen molar-refractivity contribution in [2.75, 3.05) is 38.5 Å². The van der Waals surface area contributed by atoms with Crippen molar-refractivity contribution in [1.82, 2.24) is 29.9 Å². The Labute approximate surface area is 289 Å². The van der Waals surface area contributed by atoms with Crippen LogP contribution >= 0.6 is 11.6 Å². The van der Waals surface area contributed by atoms with Gasteiger partial charge in [0, 0.05) is 69.0 Å². The summed E-state index contributed by atoms with van der Waals surface area (Å²) in [6.45, 7) is 3.07. The van der Waals surface area contributed by atoms with Crippen LogP contribution in [0.25, 0.3) is 10.8 Å². The first kappa shape index (κ1) is 32.9. The third kappa shape index (κ3) is 6.82. The average molecular weight is 682 g/mol. The molecular formula is C37H40ClN7O4. The molecule has 3 unspecified atom stereocenters. The van der Waals surface area contributed by atoms with E-state index in [1.807, 2.05) is 23.2 Å². The number of carbonyl (C=O) groups excluding carboxylic acids is 3. The van der Waals surface area contributed by atoms with Gasteiger partial charge in [-0.05, 0) is 84.8 Å². The molecule has 0 bridgehead atoms. The fraction of sp³-hybridized carbons (Fsp3) is 0.405. The number of nitrogens with one attached hydrogen (secondary N) is 2. The second-order valence-electron chi connectivity index (χ2n) is 13.7. The van der Waals surface area contributed by atoms with Gasteiger partial charge < -0.3 is 15.1 Å². The second-order valence-corrected chi connectivity index (χ2v) is 14.1. The number of halogens is 1. The molecular weight excluding hydrogens is 642 g/mol. The highest BCUT2D eigenvalue weighted by molar-refractivity contribution is 6.32. The molecule has 5 heterocycles. The molecule has 2 N–H and O–H groups in total. The predicted molar refractivity (Wildman–Crippen MR) is 188 cm³/mol. The van der Waals surface area contributed by atoms with Crippen LogP contribution in [0.4, 0.5) is 5.69 Å². The van der Waals surface area contributed by atoms with Gasteiger partial charge in [0.25, 0.3) is 11.5 Å². The van der Waals surface area contributed by atoms with Crippen molar-refractivity contribution in [3.8, 4) is 0 Å². The summed E-state index contributed by atoms with van der Waals surface area (Å²) >= 11 is 6.31. The summed E-state index contributed by atoms with van der Waals surface area (Å²) in [6, 6.07) is 14.5. The molecule has 254 valence electrons. The highest BCUT2D eigenvalue weighted by atomic mass is 35.5. The molecule has 3 atom stereocenters. The second kappa shape index (κ2) is 13.7. The Kier molecular flexibility index (Phi) is 9.21. The molecule has 0 spiro atoms. The number of likely N-dealkylation sites (N-methyl/N-ethyl adjacent to an activating group) is 1. The summed E-state index contributed by atoms with van der Waals surface area (Å²) < 4.78 is 1.22. The Balaban J connectivity index is 0.969. The van der Waals surface area contributed by atoms with Gasteiger partial charge in [-0.15, -0.1) is 0 Å². The van der Waals surface area contributed by atoms with E-state index in [9.17, 15) is 19.2 Å². The molecule has 49 heavy (non-hydrogen) atoms. The van der Waals surface area contributed by atoms with Crippen LogP contribution in [0.5, 0.6) is 0 Å². The highest BCUT2D eigenvalue weighted by Gasteiger charge is 2.31. The number of pyridine rings is 1. The topological polar surface area (TPSA) is 130 Å². The Morgan fingerprint density at radius 3 is 2.43 bits per heavy atom. The van der Waals surface area contributed by atoms with Gasteiger partial charge in [-0.3, -0.25) is 29.5 Å². The number of fused-ring (bicyclic) bond motifs is 1. The monoisotopic (exact) mass is 681 g/mol. The number of anilines is 1. The maximum Gasteiger partial charge on any atom is 0.287 e. The lowest BCUT2D eigenvalue weighted by molar-refractivity contribution is -0.134. The summed E-state index contributed by atoms with van der Waals surface area (Å²) in [5.41, 5.74) is 4.15. The van der Waals surface area contributed by atoms with E-state index in [0.29, 0.717) is 43.1 Å². The minimum Gasteiger partial charge on any atom is -0.378 e. The van der Waals surface area contributed by atoms with Crippen LogP contribution in [0, 0.1) is 0 Å². The van der Waals surface area contributed by atoms with Gasteiger partial charge in [0.1, 0.15) is 5.02 Å². The largest absolute Gasteiger partial charge is 0.378 e. The molecule has 2 aromatic carbocycles. The van der Waals surface area contributed by atoms with Crippen molar-refractivity contribution in [2.24, 2.45) is 7.05 Å². The van der Waals surface area contributed by atoms with E-state index < -0.39 is 0 Å². The molecule has 3 amide bonds. The SMILES string of the molecule is CN1CC(Nc2cnn(C)c(=O)c2Cl)CC(c2ccc(C(=O)N3CCC(c4ccc5c(C6CCC(=O)NC6=O)cncc5c4)CC3)cc2)C1. The summed E-state index contributed by atoms with van der Waals surface area (Å²) in [4.78, 5) is 58.6. The van der Waals surface area contributed by atoms with E-state index >= 15 is 0 Å². The lowest BCUT2D eigenvalue weighted by Crippen LogP contribution is -2.43. The molecule has 0 saturated carbocycles. The number of hydrogen-bond acceptors (Lipinski definition) is 8. The van der Waals surface area contributed by atoms with Gasteiger partial charge in [0.15, 0.2) is 0 Å². The van der Waals surface area contributed by atoms with Gasteiger partial charge >= 0.3 is 0 Å². The molecule has 12 heteroatoms. The molecule has 0 aliphatic carbocycles. The number of amides is 3. The molecule has 3 aliphatic rings. The number of rotatable bonds is 6. The maximum absolute atomic E-state index is 13.5. The van der Waals surface area contributed by atoms with Crippen LogP contribution < -0.4 is 16.2 Å². The number of hydrogen-bond donors (Lipinski definition) is 2. The van der Waals surface area contributed by atoms with Crippen molar-refractivity contribution in [3.05, 3.63) is 98.7 Å². The van der Waals surface area contributed by atoms with Crippen LogP contribution in [-0.4, -0.2) is 81.6 Å². The Hall–Kier alpha value is -4.61. The number of likely N-dealkylation sites (tertiary alicyclic amines) is 2. The van der Waals surface area contributed by atoms with Gasteiger partial charge in [-0.1, -0.05) is 35.9 Å². The number of nitrogens with zero attached hydrogens (tertiary/aromatic N) is 5. The number of piperidine rings is 3. The molecule has 0 radical (unpaired) electrons. The number of imide groups is 1. The maximum atomic E-state index is 13.5. The Morgan fingerprint density at radius 1 is 0.918 bits per heavy atom. The summed E-state index contributed by atoms with van der Waals surface area (Å²) in [6.07, 6.45) is 8.58. The molecule has 7 rings (SSSR count). The zero-order chi connectivity index (χ0) is 34.2. The van der Waals surface area contributed by atoms with Crippen molar-refractivity contribution < 1.29 is 14.4 Å². The minimum atomic E-state index is -0.379. The van der Waals surface area contributed by atoms with Gasteiger partial charge in [-0.2, -0.15) is 5.10 Å². The smallest absolute Gasteiger partial charge is 0.287 e. The molecule has 3 aliphatic heterocycles. The third-order valence-corrected chi connectivity index (χ3v) is 10.7. The fourth-order valence-corrected chi connectivity index (χ4v) is 7.96. The zero-order valence-corrected chi connectivity index (χ0v) is 28.4. The molecule has 3 fully saturated rings. The molecule has 11 nitrogen and oxygen atoms in total. The van der Waals surface area contributed by atoms with Gasteiger partial charge in [0.2, 0.25) is 11.8 Å². The summed E-state index contributed by atoms with van der Waals surface area (Å²) in [7, 11) is 3.66. The van der Waals surface area contributed by atoms with Crippen LogP contribution in [-0.2, 0) is 16.6 Å². The lowest BCUT2D eigenvalue weighted by Gasteiger charge is -2.37. The van der Waals surface area contributed by atoms with E-state index in [1.165, 1.54) is 15.8 Å². The Morgan fingerprint density at radius 2 is 1.67 bits per heavy atom. The first-order chi connectivity index (χ1) is 23.6. The van der Waals surface area contributed by atoms with E-state index in [0.717, 1.165) is 48.7 Å². The highest BCUT2D eigenvalue weighted by Crippen LogP contribution is 2.35. The van der Waals surface area contributed by atoms with Crippen LogP contribution in [0.15, 0.2) is 65.8 Å². The fourth-order valence-electron chi connectivity index (χ4n) is 7.73. The summed E-state index contributed by atoms with van der Waals surface area (Å²) in [5, 5.41) is 12.1. The van der Waals surface area contributed by atoms with Crippen molar-refractivity contribution in [2.45, 2.75) is 55.9 Å². The molecule has 2 aromatic heterocycles. The Bertz CT molecular complexity index is 1970. The van der Waals surface area contributed by atoms with Gasteiger partial charge in [-0.25, -0.2) is 4.68 Å². The molecule has 3 saturated heterocycles. The van der Waals surface area contributed by atoms with Crippen molar-refractivity contribution in [1.29, 1.82) is 0 Å². The molecule has 4 aromatic rings. The first-order valence-corrected chi connectivity index (χ1v) is 17.3. The van der Waals surface area contributed by atoms with Crippen molar-refractivity contribution in [3.63, 3.8) is 0 Å². The lowest BCUT2D eigenvalue weighted by atomic mass is 9.85. The number of aryl methyl sites for hydroxylation is 1. The van der Waals surface area contributed by atoms with Crippen LogP contribution in [0.1, 0.15) is 76.9 Å². The van der Waals surface area contributed by atoms with Crippen molar-refractivity contribution >= 4 is 45.8 Å². The predicted octanol–water partition coefficient (Wildman–Crippen LogP) is 4.42. The number of carbonyl (C=O) groups is 3. The minimum absolute atomic E-state index is 0.0506.